The highest BCUT2D eigenvalue weighted by Crippen LogP contribution is 2.04. The number of ether oxygens (including phenoxy) is 1. The Balaban J connectivity index is 1.96. The van der Waals surface area contributed by atoms with Crippen molar-refractivity contribution in [1.82, 2.24) is 10.4 Å². The third-order valence-corrected chi connectivity index (χ3v) is 2.55. The highest BCUT2D eigenvalue weighted by Gasteiger charge is 2.13. The average molecular weight is 231 g/mol. The molecule has 1 heterocycles. The van der Waals surface area contributed by atoms with Crippen molar-refractivity contribution in [3.63, 3.8) is 0 Å². The third kappa shape index (κ3) is 3.03. The Morgan fingerprint density at radius 1 is 1.29 bits per heavy atom. The molecule has 1 aliphatic rings. The number of morpholine rings is 1. The van der Waals surface area contributed by atoms with E-state index in [1.54, 1.807) is 24.3 Å². The fourth-order valence-corrected chi connectivity index (χ4v) is 1.58. The number of nitriles is 1. The number of hydrogen-bond acceptors (Lipinski definition) is 4. The number of benzene rings is 1. The lowest BCUT2D eigenvalue weighted by Crippen LogP contribution is -2.48. The number of carbonyl (C=O) groups excluding carboxylic acids is 1. The van der Waals surface area contributed by atoms with Crippen molar-refractivity contribution in [3.8, 4) is 6.07 Å². The van der Waals surface area contributed by atoms with E-state index in [1.807, 2.05) is 11.1 Å². The van der Waals surface area contributed by atoms with Crippen molar-refractivity contribution >= 4 is 5.91 Å². The molecule has 0 aliphatic carbocycles. The molecule has 1 amide bonds. The van der Waals surface area contributed by atoms with Gasteiger partial charge in [0.05, 0.1) is 24.8 Å². The Morgan fingerprint density at radius 2 is 1.94 bits per heavy atom. The van der Waals surface area contributed by atoms with Crippen molar-refractivity contribution in [2.24, 2.45) is 0 Å². The molecule has 0 aromatic heterocycles. The first-order valence-electron chi connectivity index (χ1n) is 5.43. The van der Waals surface area contributed by atoms with Crippen LogP contribution in [0, 0.1) is 11.3 Å². The lowest BCUT2D eigenvalue weighted by Gasteiger charge is -2.26. The SMILES string of the molecule is N#Cc1ccc(C(=O)NN2CCOCC2)cc1. The maximum absolute atomic E-state index is 11.8. The van der Waals surface area contributed by atoms with Crippen LogP contribution < -0.4 is 5.43 Å². The Labute approximate surface area is 99.6 Å². The molecule has 5 nitrogen and oxygen atoms in total. The quantitative estimate of drug-likeness (QED) is 0.806. The predicted molar refractivity (Wildman–Crippen MR) is 61.0 cm³/mol. The van der Waals surface area contributed by atoms with Gasteiger partial charge in [-0.25, -0.2) is 5.01 Å². The summed E-state index contributed by atoms with van der Waals surface area (Å²) < 4.78 is 5.19. The maximum Gasteiger partial charge on any atom is 0.265 e. The molecule has 0 spiro atoms. The molecule has 5 heteroatoms. The van der Waals surface area contributed by atoms with E-state index in [9.17, 15) is 4.79 Å². The predicted octanol–water partition coefficient (Wildman–Crippen LogP) is 0.535. The summed E-state index contributed by atoms with van der Waals surface area (Å²) in [6.45, 7) is 2.66. The number of amides is 1. The molecule has 1 N–H and O–H groups in total. The minimum absolute atomic E-state index is 0.156. The summed E-state index contributed by atoms with van der Waals surface area (Å²) in [7, 11) is 0. The topological polar surface area (TPSA) is 65.4 Å². The lowest BCUT2D eigenvalue weighted by molar-refractivity contribution is 0.0126. The summed E-state index contributed by atoms with van der Waals surface area (Å²) in [5.41, 5.74) is 3.90. The molecule has 0 unspecified atom stereocenters. The normalized spacial score (nSPS) is 16.2. The summed E-state index contributed by atoms with van der Waals surface area (Å²) >= 11 is 0. The summed E-state index contributed by atoms with van der Waals surface area (Å²) in [6, 6.07) is 8.58. The largest absolute Gasteiger partial charge is 0.379 e. The minimum Gasteiger partial charge on any atom is -0.379 e. The van der Waals surface area contributed by atoms with E-state index < -0.39 is 0 Å². The number of nitrogens with zero attached hydrogens (tertiary/aromatic N) is 2. The summed E-state index contributed by atoms with van der Waals surface area (Å²) in [4.78, 5) is 11.8. The molecule has 1 saturated heterocycles. The molecular weight excluding hydrogens is 218 g/mol. The van der Waals surface area contributed by atoms with Gasteiger partial charge in [-0.1, -0.05) is 0 Å². The molecule has 2 rings (SSSR count). The van der Waals surface area contributed by atoms with Crippen LogP contribution in [0.1, 0.15) is 15.9 Å². The zero-order chi connectivity index (χ0) is 12.1. The number of hydrogen-bond donors (Lipinski definition) is 1. The Bertz CT molecular complexity index is 430. The van der Waals surface area contributed by atoms with Crippen molar-refractivity contribution in [2.45, 2.75) is 0 Å². The van der Waals surface area contributed by atoms with Gasteiger partial charge in [0.15, 0.2) is 0 Å². The second kappa shape index (κ2) is 5.43. The Kier molecular flexibility index (Phi) is 3.70. The number of nitrogens with one attached hydrogen (secondary N) is 1. The van der Waals surface area contributed by atoms with E-state index in [0.717, 1.165) is 0 Å². The van der Waals surface area contributed by atoms with Crippen molar-refractivity contribution < 1.29 is 9.53 Å². The van der Waals surface area contributed by atoms with E-state index >= 15 is 0 Å². The van der Waals surface area contributed by atoms with Gasteiger partial charge in [0, 0.05) is 18.7 Å². The smallest absolute Gasteiger partial charge is 0.265 e. The van der Waals surface area contributed by atoms with Gasteiger partial charge < -0.3 is 4.74 Å². The molecule has 1 aliphatic heterocycles. The highest BCUT2D eigenvalue weighted by molar-refractivity contribution is 5.93. The number of carbonyl (C=O) groups is 1. The van der Waals surface area contributed by atoms with E-state index in [4.69, 9.17) is 10.00 Å². The fraction of sp³-hybridized carbons (Fsp3) is 0.333. The molecule has 1 aromatic rings. The van der Waals surface area contributed by atoms with E-state index in [2.05, 4.69) is 5.43 Å². The monoisotopic (exact) mass is 231 g/mol. The molecule has 88 valence electrons. The lowest BCUT2D eigenvalue weighted by atomic mass is 10.1. The van der Waals surface area contributed by atoms with Crippen LogP contribution in [0.25, 0.3) is 0 Å². The summed E-state index contributed by atoms with van der Waals surface area (Å²) in [5, 5.41) is 10.5. The van der Waals surface area contributed by atoms with Crippen LogP contribution in [0.5, 0.6) is 0 Å². The summed E-state index contributed by atoms with van der Waals surface area (Å²) in [6.07, 6.45) is 0. The molecule has 1 fully saturated rings. The van der Waals surface area contributed by atoms with Gasteiger partial charge in [0.25, 0.3) is 5.91 Å². The summed E-state index contributed by atoms with van der Waals surface area (Å²) in [5.74, 6) is -0.156. The Morgan fingerprint density at radius 3 is 2.53 bits per heavy atom. The number of hydrazine groups is 1. The van der Waals surface area contributed by atoms with Crippen molar-refractivity contribution in [3.05, 3.63) is 35.4 Å². The van der Waals surface area contributed by atoms with Crippen LogP contribution in [0.2, 0.25) is 0 Å². The van der Waals surface area contributed by atoms with Crippen LogP contribution in [-0.2, 0) is 4.74 Å². The van der Waals surface area contributed by atoms with Gasteiger partial charge in [-0.15, -0.1) is 0 Å². The first kappa shape index (κ1) is 11.6. The first-order chi connectivity index (χ1) is 8.29. The van der Waals surface area contributed by atoms with Crippen LogP contribution in [0.4, 0.5) is 0 Å². The van der Waals surface area contributed by atoms with E-state index in [1.165, 1.54) is 0 Å². The highest BCUT2D eigenvalue weighted by atomic mass is 16.5. The van der Waals surface area contributed by atoms with Crippen LogP contribution in [0.3, 0.4) is 0 Å². The molecule has 17 heavy (non-hydrogen) atoms. The van der Waals surface area contributed by atoms with Crippen LogP contribution in [-0.4, -0.2) is 37.2 Å². The molecule has 0 bridgehead atoms. The van der Waals surface area contributed by atoms with Gasteiger partial charge in [-0.05, 0) is 24.3 Å². The van der Waals surface area contributed by atoms with Crippen LogP contribution >= 0.6 is 0 Å². The Hall–Kier alpha value is -1.90. The zero-order valence-electron chi connectivity index (χ0n) is 9.35. The molecular formula is C12H13N3O2. The van der Waals surface area contributed by atoms with E-state index in [0.29, 0.717) is 37.4 Å². The van der Waals surface area contributed by atoms with Gasteiger partial charge in [0.2, 0.25) is 0 Å². The second-order valence-electron chi connectivity index (χ2n) is 3.73. The zero-order valence-corrected chi connectivity index (χ0v) is 9.35. The molecule has 0 atom stereocenters. The number of rotatable bonds is 2. The fourth-order valence-electron chi connectivity index (χ4n) is 1.58. The first-order valence-corrected chi connectivity index (χ1v) is 5.43. The van der Waals surface area contributed by atoms with Gasteiger partial charge in [0.1, 0.15) is 0 Å². The molecule has 0 radical (unpaired) electrons. The second-order valence-corrected chi connectivity index (χ2v) is 3.73. The van der Waals surface area contributed by atoms with Gasteiger partial charge in [-0.2, -0.15) is 5.26 Å². The average Bonchev–Trinajstić information content (AvgIpc) is 2.40. The van der Waals surface area contributed by atoms with Gasteiger partial charge >= 0.3 is 0 Å². The van der Waals surface area contributed by atoms with Gasteiger partial charge in [-0.3, -0.25) is 10.2 Å². The molecule has 0 saturated carbocycles. The van der Waals surface area contributed by atoms with Crippen molar-refractivity contribution in [1.29, 1.82) is 5.26 Å². The minimum atomic E-state index is -0.156. The maximum atomic E-state index is 11.8. The van der Waals surface area contributed by atoms with Crippen LogP contribution in [0.15, 0.2) is 24.3 Å². The van der Waals surface area contributed by atoms with E-state index in [-0.39, 0.29) is 5.91 Å². The third-order valence-electron chi connectivity index (χ3n) is 2.55. The molecule has 1 aromatic carbocycles. The standard InChI is InChI=1S/C12H13N3O2/c13-9-10-1-3-11(4-2-10)12(16)14-15-5-7-17-8-6-15/h1-4H,5-8H2,(H,14,16). The van der Waals surface area contributed by atoms with Crippen molar-refractivity contribution in [2.75, 3.05) is 26.3 Å².